The van der Waals surface area contributed by atoms with Crippen LogP contribution in [0.15, 0.2) is 35.3 Å². The smallest absolute Gasteiger partial charge is 0.0396 e. The van der Waals surface area contributed by atoms with Gasteiger partial charge in [0.2, 0.25) is 0 Å². The van der Waals surface area contributed by atoms with Crippen molar-refractivity contribution in [1.29, 1.82) is 0 Å². The summed E-state index contributed by atoms with van der Waals surface area (Å²) in [4.78, 5) is 0. The van der Waals surface area contributed by atoms with Crippen molar-refractivity contribution in [2.45, 2.75) is 55.4 Å². The van der Waals surface area contributed by atoms with Crippen LogP contribution in [-0.4, -0.2) is 0 Å². The maximum Gasteiger partial charge on any atom is -0.0396 e. The molecule has 0 atom stereocenters. The molecule has 0 unspecified atom stereocenters. The molecule has 0 bridgehead atoms. The molecule has 0 fully saturated rings. The van der Waals surface area contributed by atoms with Crippen LogP contribution >= 0.6 is 12.6 Å². The molecule has 0 aromatic rings. The van der Waals surface area contributed by atoms with Gasteiger partial charge in [-0.1, -0.05) is 57.6 Å². The largest absolute Gasteiger partial charge is 0.152 e. The predicted molar refractivity (Wildman–Crippen MR) is 80.7 cm³/mol. The molecule has 0 radical (unpaired) electrons. The van der Waals surface area contributed by atoms with Crippen LogP contribution in [-0.2, 0) is 0 Å². The minimum atomic E-state index is 1.37. The van der Waals surface area contributed by atoms with Crippen LogP contribution < -0.4 is 0 Å². The van der Waals surface area contributed by atoms with Crippen LogP contribution in [0, 0.1) is 0 Å². The average Bonchev–Trinajstić information content (AvgIpc) is 2.33. The first kappa shape index (κ1) is 24.0. The Morgan fingerprint density at radius 1 is 0.867 bits per heavy atom. The van der Waals surface area contributed by atoms with Crippen LogP contribution in [0.5, 0.6) is 0 Å². The highest BCUT2D eigenvalue weighted by Gasteiger charge is 1.84. The maximum absolute atomic E-state index is 3.55. The number of hydrogen-bond acceptors (Lipinski definition) is 1. The van der Waals surface area contributed by atoms with E-state index in [9.17, 15) is 0 Å². The van der Waals surface area contributed by atoms with Crippen molar-refractivity contribution in [1.82, 2.24) is 0 Å². The second-order valence-corrected chi connectivity index (χ2v) is 2.49. The minimum absolute atomic E-state index is 1.37. The Morgan fingerprint density at radius 3 is 1.07 bits per heavy atom. The highest BCUT2D eigenvalue weighted by Crippen LogP contribution is 2.05. The molecule has 0 spiro atoms. The number of allylic oxidation sites excluding steroid dienone is 4. The summed E-state index contributed by atoms with van der Waals surface area (Å²) in [5.74, 6) is 0. The van der Waals surface area contributed by atoms with Gasteiger partial charge in [0.25, 0.3) is 0 Å². The third-order valence-corrected chi connectivity index (χ3v) is 1.49. The lowest BCUT2D eigenvalue weighted by atomic mass is 10.1. The van der Waals surface area contributed by atoms with Crippen LogP contribution in [0.1, 0.15) is 55.4 Å². The molecule has 0 saturated heterocycles. The van der Waals surface area contributed by atoms with Gasteiger partial charge in [-0.15, -0.1) is 0 Å². The van der Waals surface area contributed by atoms with Crippen LogP contribution in [0.3, 0.4) is 0 Å². The van der Waals surface area contributed by atoms with E-state index in [1.54, 1.807) is 0 Å². The SMILES string of the molecule is C/C=C(C)\C(C)=C/C.C=CS.CC.CC. The van der Waals surface area contributed by atoms with E-state index in [1.165, 1.54) is 16.6 Å². The minimum Gasteiger partial charge on any atom is -0.152 e. The molecule has 0 aliphatic heterocycles. The van der Waals surface area contributed by atoms with Crippen molar-refractivity contribution in [3.63, 3.8) is 0 Å². The number of rotatable bonds is 1. The van der Waals surface area contributed by atoms with Gasteiger partial charge in [0, 0.05) is 0 Å². The summed E-state index contributed by atoms with van der Waals surface area (Å²) in [5, 5.41) is 1.44. The lowest BCUT2D eigenvalue weighted by Gasteiger charge is -1.95. The molecule has 0 heterocycles. The van der Waals surface area contributed by atoms with Crippen molar-refractivity contribution >= 4 is 12.6 Å². The third kappa shape index (κ3) is 31.7. The molecular weight excluding hydrogens is 200 g/mol. The van der Waals surface area contributed by atoms with Crippen LogP contribution in [0.25, 0.3) is 0 Å². The van der Waals surface area contributed by atoms with E-state index in [1.807, 2.05) is 27.7 Å². The van der Waals surface area contributed by atoms with Crippen molar-refractivity contribution < 1.29 is 0 Å². The summed E-state index contributed by atoms with van der Waals surface area (Å²) in [7, 11) is 0. The normalized spacial score (nSPS) is 9.40. The summed E-state index contributed by atoms with van der Waals surface area (Å²) in [6, 6.07) is 0. The number of hydrogen-bond donors (Lipinski definition) is 1. The van der Waals surface area contributed by atoms with Gasteiger partial charge in [-0.3, -0.25) is 0 Å². The second-order valence-electron chi connectivity index (χ2n) is 2.13. The first-order chi connectivity index (χ1) is 7.13. The van der Waals surface area contributed by atoms with Gasteiger partial charge in [-0.2, -0.15) is 12.6 Å². The molecule has 0 aliphatic carbocycles. The van der Waals surface area contributed by atoms with E-state index < -0.39 is 0 Å². The maximum atomic E-state index is 3.55. The van der Waals surface area contributed by atoms with Crippen molar-refractivity contribution in [3.05, 3.63) is 35.3 Å². The molecule has 0 nitrogen and oxygen atoms in total. The summed E-state index contributed by atoms with van der Waals surface area (Å²) in [6.07, 6.45) is 4.24. The summed E-state index contributed by atoms with van der Waals surface area (Å²) in [5.41, 5.74) is 2.74. The summed E-state index contributed by atoms with van der Waals surface area (Å²) < 4.78 is 0. The zero-order valence-electron chi connectivity index (χ0n) is 11.9. The highest BCUT2D eigenvalue weighted by molar-refractivity contribution is 7.83. The van der Waals surface area contributed by atoms with Crippen molar-refractivity contribution in [2.75, 3.05) is 0 Å². The Morgan fingerprint density at radius 2 is 1.00 bits per heavy atom. The Balaban J connectivity index is -0.0000000726. The van der Waals surface area contributed by atoms with Gasteiger partial charge in [-0.25, -0.2) is 0 Å². The van der Waals surface area contributed by atoms with E-state index in [0.717, 1.165) is 0 Å². The van der Waals surface area contributed by atoms with Gasteiger partial charge in [0.05, 0.1) is 0 Å². The summed E-state index contributed by atoms with van der Waals surface area (Å²) >= 11 is 3.55. The van der Waals surface area contributed by atoms with E-state index in [-0.39, 0.29) is 0 Å². The molecule has 0 aromatic heterocycles. The lowest BCUT2D eigenvalue weighted by molar-refractivity contribution is 1.31. The zero-order chi connectivity index (χ0) is 13.3. The molecule has 0 amide bonds. The Hall–Kier alpha value is -0.430. The first-order valence-corrected chi connectivity index (χ1v) is 6.16. The molecule has 0 rings (SSSR count). The van der Waals surface area contributed by atoms with Gasteiger partial charge in [-0.05, 0) is 33.1 Å². The first-order valence-electron chi connectivity index (χ1n) is 5.65. The Labute approximate surface area is 104 Å². The van der Waals surface area contributed by atoms with E-state index in [2.05, 4.69) is 59.1 Å². The molecule has 0 N–H and O–H groups in total. The van der Waals surface area contributed by atoms with Gasteiger partial charge in [0.15, 0.2) is 0 Å². The fraction of sp³-hybridized carbons (Fsp3) is 0.571. The van der Waals surface area contributed by atoms with Crippen LogP contribution in [0.4, 0.5) is 0 Å². The van der Waals surface area contributed by atoms with Gasteiger partial charge >= 0.3 is 0 Å². The molecular formula is C14H30S. The molecule has 15 heavy (non-hydrogen) atoms. The molecule has 0 aliphatic rings. The topological polar surface area (TPSA) is 0 Å². The monoisotopic (exact) mass is 230 g/mol. The van der Waals surface area contributed by atoms with E-state index in [4.69, 9.17) is 0 Å². The highest BCUT2D eigenvalue weighted by atomic mass is 32.1. The fourth-order valence-electron chi connectivity index (χ4n) is 0.455. The predicted octanol–water partition coefficient (Wildman–Crippen LogP) is 6.03. The molecule has 0 saturated carbocycles. The lowest BCUT2D eigenvalue weighted by Crippen LogP contribution is -1.74. The second kappa shape index (κ2) is 29.2. The van der Waals surface area contributed by atoms with E-state index >= 15 is 0 Å². The zero-order valence-corrected chi connectivity index (χ0v) is 12.8. The standard InChI is InChI=1S/C8H14.C2H4S.2C2H6/c1-5-7(3)8(4)6-2;1-2-3;2*1-2/h5-6H,1-4H3;2-3H,1H2;2*1-2H3/b7-5-,8-6-;;;. The van der Waals surface area contributed by atoms with Crippen LogP contribution in [0.2, 0.25) is 0 Å². The molecule has 92 valence electrons. The summed E-state index contributed by atoms with van der Waals surface area (Å²) in [6.45, 7) is 19.6. The van der Waals surface area contributed by atoms with Gasteiger partial charge < -0.3 is 0 Å². The average molecular weight is 230 g/mol. The Bertz CT molecular complexity index is 137. The Kier molecular flexibility index (Phi) is 46.7. The quantitative estimate of drug-likeness (QED) is 0.412. The molecule has 1 heteroatoms. The van der Waals surface area contributed by atoms with E-state index in [0.29, 0.717) is 0 Å². The molecule has 0 aromatic carbocycles. The fourth-order valence-corrected chi connectivity index (χ4v) is 0.455. The number of thiol groups is 1. The van der Waals surface area contributed by atoms with Gasteiger partial charge in [0.1, 0.15) is 0 Å². The van der Waals surface area contributed by atoms with Crippen molar-refractivity contribution in [2.24, 2.45) is 0 Å². The van der Waals surface area contributed by atoms with Crippen molar-refractivity contribution in [3.8, 4) is 0 Å². The third-order valence-electron chi connectivity index (χ3n) is 1.49.